The van der Waals surface area contributed by atoms with Crippen molar-refractivity contribution in [2.75, 3.05) is 18.0 Å². The number of fused-ring (bicyclic) bond motifs is 1. The first-order chi connectivity index (χ1) is 14.2. The van der Waals surface area contributed by atoms with Gasteiger partial charge in [0, 0.05) is 31.9 Å². The van der Waals surface area contributed by atoms with Gasteiger partial charge in [-0.15, -0.1) is 0 Å². The van der Waals surface area contributed by atoms with Crippen molar-refractivity contribution >= 4 is 37.3 Å². The lowest BCUT2D eigenvalue weighted by molar-refractivity contribution is 0.447. The molecule has 2 aromatic carbocycles. The number of hydrogen-bond acceptors (Lipinski definition) is 5. The molecule has 2 atom stereocenters. The number of sulfonamides is 1. The average Bonchev–Trinajstić information content (AvgIpc) is 3.01. The van der Waals surface area contributed by atoms with Crippen LogP contribution in [-0.4, -0.2) is 26.1 Å². The zero-order chi connectivity index (χ0) is 21.5. The molecule has 3 aromatic rings. The predicted molar refractivity (Wildman–Crippen MR) is 123 cm³/mol. The van der Waals surface area contributed by atoms with Crippen molar-refractivity contribution in [3.63, 3.8) is 0 Å². The Kier molecular flexibility index (Phi) is 5.74. The van der Waals surface area contributed by atoms with Crippen molar-refractivity contribution in [2.24, 2.45) is 13.0 Å². The molecule has 0 radical (unpaired) electrons. The van der Waals surface area contributed by atoms with Gasteiger partial charge in [0.25, 0.3) is 0 Å². The van der Waals surface area contributed by atoms with Crippen LogP contribution < -0.4 is 14.5 Å². The van der Waals surface area contributed by atoms with Crippen LogP contribution in [0.15, 0.2) is 52.2 Å². The van der Waals surface area contributed by atoms with Crippen molar-refractivity contribution < 1.29 is 8.42 Å². The summed E-state index contributed by atoms with van der Waals surface area (Å²) in [5.41, 5.74) is 2.84. The molecule has 1 N–H and O–H groups in total. The molecule has 0 unspecified atom stereocenters. The van der Waals surface area contributed by atoms with Crippen molar-refractivity contribution in [2.45, 2.75) is 37.6 Å². The Morgan fingerprint density at radius 1 is 1.17 bits per heavy atom. The molecule has 1 saturated heterocycles. The van der Waals surface area contributed by atoms with Crippen LogP contribution >= 0.6 is 11.3 Å². The third-order valence-corrected chi connectivity index (χ3v) is 8.36. The van der Waals surface area contributed by atoms with Crippen LogP contribution in [0.3, 0.4) is 0 Å². The summed E-state index contributed by atoms with van der Waals surface area (Å²) in [5.74, 6) is 0.699. The molecule has 0 saturated carbocycles. The number of aryl methyl sites for hydroxylation is 1. The quantitative estimate of drug-likeness (QED) is 0.647. The fourth-order valence-electron chi connectivity index (χ4n) is 4.05. The molecule has 2 heterocycles. The maximum Gasteiger partial charge on any atom is 0.307 e. The van der Waals surface area contributed by atoms with Crippen molar-refractivity contribution in [3.8, 4) is 0 Å². The molecule has 1 aromatic heterocycles. The summed E-state index contributed by atoms with van der Waals surface area (Å²) in [6.45, 7) is 6.26. The second-order valence-corrected chi connectivity index (χ2v) is 10.9. The summed E-state index contributed by atoms with van der Waals surface area (Å²) in [7, 11) is -2.02. The third kappa shape index (κ3) is 4.17. The Labute approximate surface area is 181 Å². The van der Waals surface area contributed by atoms with E-state index in [1.54, 1.807) is 25.2 Å². The monoisotopic (exact) mass is 445 g/mol. The molecule has 1 aliphatic heterocycles. The molecule has 0 amide bonds. The van der Waals surface area contributed by atoms with Crippen LogP contribution in [0.5, 0.6) is 0 Å². The van der Waals surface area contributed by atoms with Crippen LogP contribution in [0.4, 0.5) is 5.69 Å². The van der Waals surface area contributed by atoms with Gasteiger partial charge in [-0.05, 0) is 61.6 Å². The normalized spacial score (nSPS) is 18.6. The first-order valence-electron chi connectivity index (χ1n) is 10.2. The second-order valence-electron chi connectivity index (χ2n) is 8.18. The van der Waals surface area contributed by atoms with Crippen LogP contribution in [0.1, 0.15) is 38.3 Å². The van der Waals surface area contributed by atoms with Gasteiger partial charge in [0.1, 0.15) is 0 Å². The number of aromatic nitrogens is 1. The van der Waals surface area contributed by atoms with E-state index in [4.69, 9.17) is 0 Å². The average molecular weight is 446 g/mol. The number of benzene rings is 2. The number of rotatable bonds is 5. The highest BCUT2D eigenvalue weighted by atomic mass is 32.2. The van der Waals surface area contributed by atoms with Gasteiger partial charge < -0.3 is 9.47 Å². The van der Waals surface area contributed by atoms with E-state index in [9.17, 15) is 13.2 Å². The molecule has 30 heavy (non-hydrogen) atoms. The first-order valence-corrected chi connectivity index (χ1v) is 12.5. The number of anilines is 1. The molecular weight excluding hydrogens is 418 g/mol. The predicted octanol–water partition coefficient (Wildman–Crippen LogP) is 3.88. The topological polar surface area (TPSA) is 71.4 Å². The van der Waals surface area contributed by atoms with Crippen LogP contribution in [-0.2, 0) is 17.1 Å². The highest BCUT2D eigenvalue weighted by Gasteiger charge is 2.21. The summed E-state index contributed by atoms with van der Waals surface area (Å²) < 4.78 is 30.8. The zero-order valence-corrected chi connectivity index (χ0v) is 19.1. The molecule has 1 aliphatic rings. The summed E-state index contributed by atoms with van der Waals surface area (Å²) in [6.07, 6.45) is 2.48. The van der Waals surface area contributed by atoms with Gasteiger partial charge in [-0.3, -0.25) is 4.79 Å². The highest BCUT2D eigenvalue weighted by Crippen LogP contribution is 2.26. The summed E-state index contributed by atoms with van der Waals surface area (Å²) in [5, 5.41) is 0. The van der Waals surface area contributed by atoms with E-state index in [1.165, 1.54) is 23.1 Å². The summed E-state index contributed by atoms with van der Waals surface area (Å²) in [4.78, 5) is 14.3. The minimum absolute atomic E-state index is 0.107. The van der Waals surface area contributed by atoms with E-state index < -0.39 is 10.0 Å². The third-order valence-electron chi connectivity index (χ3n) is 5.82. The van der Waals surface area contributed by atoms with E-state index in [0.29, 0.717) is 10.6 Å². The first kappa shape index (κ1) is 21.1. The van der Waals surface area contributed by atoms with E-state index in [-0.39, 0.29) is 15.8 Å². The zero-order valence-electron chi connectivity index (χ0n) is 17.5. The van der Waals surface area contributed by atoms with Gasteiger partial charge in [-0.25, -0.2) is 13.1 Å². The Bertz CT molecular complexity index is 1210. The largest absolute Gasteiger partial charge is 0.371 e. The van der Waals surface area contributed by atoms with Crippen LogP contribution in [0, 0.1) is 5.92 Å². The van der Waals surface area contributed by atoms with Crippen molar-refractivity contribution in [3.05, 3.63) is 57.7 Å². The maximum absolute atomic E-state index is 12.9. The number of nitrogens with zero attached hydrogens (tertiary/aromatic N) is 2. The Hall–Kier alpha value is -2.16. The molecule has 160 valence electrons. The number of hydrogen-bond donors (Lipinski definition) is 1. The van der Waals surface area contributed by atoms with Crippen molar-refractivity contribution in [1.29, 1.82) is 0 Å². The molecule has 0 aliphatic carbocycles. The van der Waals surface area contributed by atoms with Crippen molar-refractivity contribution in [1.82, 2.24) is 9.29 Å². The summed E-state index contributed by atoms with van der Waals surface area (Å²) >= 11 is 1.05. The highest BCUT2D eigenvalue weighted by molar-refractivity contribution is 7.89. The molecule has 0 spiro atoms. The van der Waals surface area contributed by atoms with Gasteiger partial charge >= 0.3 is 4.87 Å². The molecule has 4 rings (SSSR count). The SMILES string of the molecule is C[C@@H]1CCCN(c2ccc([C@H](C)NS(=O)(=O)c3ccc4c(c3)sc(=O)n4C)cc2)C1. The van der Waals surface area contributed by atoms with E-state index >= 15 is 0 Å². The Balaban J connectivity index is 1.51. The van der Waals surface area contributed by atoms with Gasteiger partial charge in [-0.1, -0.05) is 30.4 Å². The van der Waals surface area contributed by atoms with Gasteiger partial charge in [0.15, 0.2) is 0 Å². The molecule has 1 fully saturated rings. The second kappa shape index (κ2) is 8.17. The van der Waals surface area contributed by atoms with E-state index in [2.05, 4.69) is 28.7 Å². The maximum atomic E-state index is 12.9. The minimum atomic E-state index is -3.71. The molecule has 8 heteroatoms. The lowest BCUT2D eigenvalue weighted by Crippen LogP contribution is -2.34. The minimum Gasteiger partial charge on any atom is -0.371 e. The molecule has 0 bridgehead atoms. The fraction of sp³-hybridized carbons (Fsp3) is 0.409. The van der Waals surface area contributed by atoms with Gasteiger partial charge in [0.2, 0.25) is 10.0 Å². The van der Waals surface area contributed by atoms with Gasteiger partial charge in [-0.2, -0.15) is 0 Å². The Morgan fingerprint density at radius 3 is 2.60 bits per heavy atom. The lowest BCUT2D eigenvalue weighted by Gasteiger charge is -2.33. The fourth-order valence-corrected chi connectivity index (χ4v) is 6.30. The van der Waals surface area contributed by atoms with E-state index in [0.717, 1.165) is 35.5 Å². The molecule has 6 nitrogen and oxygen atoms in total. The summed E-state index contributed by atoms with van der Waals surface area (Å²) in [6, 6.07) is 12.6. The van der Waals surface area contributed by atoms with Crippen LogP contribution in [0.2, 0.25) is 0 Å². The molecular formula is C22H27N3O3S2. The van der Waals surface area contributed by atoms with Gasteiger partial charge in [0.05, 0.1) is 15.1 Å². The number of nitrogens with one attached hydrogen (secondary N) is 1. The Morgan fingerprint density at radius 2 is 1.90 bits per heavy atom. The lowest BCUT2D eigenvalue weighted by atomic mass is 9.99. The van der Waals surface area contributed by atoms with Crippen LogP contribution in [0.25, 0.3) is 10.2 Å². The van der Waals surface area contributed by atoms with E-state index in [1.807, 2.05) is 19.1 Å². The smallest absolute Gasteiger partial charge is 0.307 e. The number of thiazole rings is 1. The standard InChI is InChI=1S/C22H27N3O3S2/c1-15-5-4-12-25(14-15)18-8-6-17(7-9-18)16(2)23-30(27,28)19-10-11-20-21(13-19)29-22(26)24(20)3/h6-11,13,15-16,23H,4-5,12,14H2,1-3H3/t15-,16+/m1/s1. The number of piperidine rings is 1.